The van der Waals surface area contributed by atoms with Crippen LogP contribution < -0.4 is 5.32 Å². The van der Waals surface area contributed by atoms with E-state index in [0.29, 0.717) is 0 Å². The Kier molecular flexibility index (Phi) is 5.98. The highest BCUT2D eigenvalue weighted by molar-refractivity contribution is 7.09. The molecule has 1 N–H and O–H groups in total. The fourth-order valence-corrected chi connectivity index (χ4v) is 2.71. The second-order valence-corrected chi connectivity index (χ2v) is 5.51. The van der Waals surface area contributed by atoms with Gasteiger partial charge in [-0.3, -0.25) is 4.98 Å². The summed E-state index contributed by atoms with van der Waals surface area (Å²) < 4.78 is 0. The topological polar surface area (TPSA) is 37.8 Å². The number of rotatable bonds is 8. The molecule has 0 radical (unpaired) electrons. The van der Waals surface area contributed by atoms with E-state index in [1.807, 2.05) is 24.5 Å². The third kappa shape index (κ3) is 4.73. The molecule has 2 aromatic heterocycles. The molecule has 0 unspecified atom stereocenters. The molecule has 2 heterocycles. The van der Waals surface area contributed by atoms with Crippen molar-refractivity contribution in [2.45, 2.75) is 32.6 Å². The van der Waals surface area contributed by atoms with Crippen molar-refractivity contribution in [3.63, 3.8) is 0 Å². The van der Waals surface area contributed by atoms with Gasteiger partial charge in [-0.25, -0.2) is 4.98 Å². The van der Waals surface area contributed by atoms with E-state index in [9.17, 15) is 0 Å². The van der Waals surface area contributed by atoms with Crippen molar-refractivity contribution in [2.24, 2.45) is 0 Å². The molecule has 0 saturated heterocycles. The maximum atomic E-state index is 4.67. The zero-order chi connectivity index (χ0) is 13.3. The zero-order valence-corrected chi connectivity index (χ0v) is 12.2. The Morgan fingerprint density at radius 3 is 2.79 bits per heavy atom. The molecule has 0 saturated carbocycles. The summed E-state index contributed by atoms with van der Waals surface area (Å²) in [4.78, 5) is 8.69. The second kappa shape index (κ2) is 8.02. The van der Waals surface area contributed by atoms with E-state index in [2.05, 4.69) is 27.6 Å². The van der Waals surface area contributed by atoms with Crippen molar-refractivity contribution in [1.82, 2.24) is 15.3 Å². The van der Waals surface area contributed by atoms with E-state index < -0.39 is 0 Å². The number of thiazole rings is 1. The molecule has 102 valence electrons. The number of hydrogen-bond acceptors (Lipinski definition) is 4. The largest absolute Gasteiger partial charge is 0.316 e. The highest BCUT2D eigenvalue weighted by atomic mass is 32.1. The molecule has 0 spiro atoms. The standard InChI is InChI=1S/C15H21N3S/c1-2-3-4-8-16-11-7-15-18-14(12-19-15)13-5-9-17-10-6-13/h5-6,9-10,12,16H,2-4,7-8,11H2,1H3. The minimum absolute atomic E-state index is 1.02. The number of aromatic nitrogens is 2. The molecule has 3 nitrogen and oxygen atoms in total. The lowest BCUT2D eigenvalue weighted by atomic mass is 10.2. The lowest BCUT2D eigenvalue weighted by molar-refractivity contribution is 0.616. The van der Waals surface area contributed by atoms with Crippen molar-refractivity contribution in [2.75, 3.05) is 13.1 Å². The third-order valence-corrected chi connectivity index (χ3v) is 3.91. The minimum atomic E-state index is 1.02. The van der Waals surface area contributed by atoms with E-state index in [4.69, 9.17) is 0 Å². The average molecular weight is 275 g/mol. The lowest BCUT2D eigenvalue weighted by Gasteiger charge is -2.01. The molecule has 0 amide bonds. The van der Waals surface area contributed by atoms with E-state index >= 15 is 0 Å². The van der Waals surface area contributed by atoms with Gasteiger partial charge in [0.1, 0.15) is 0 Å². The van der Waals surface area contributed by atoms with Crippen LogP contribution in [0.3, 0.4) is 0 Å². The SMILES string of the molecule is CCCCCNCCc1nc(-c2ccncc2)cs1. The monoisotopic (exact) mass is 275 g/mol. The number of pyridine rings is 1. The average Bonchev–Trinajstić information content (AvgIpc) is 2.92. The number of unbranched alkanes of at least 4 members (excludes halogenated alkanes) is 2. The van der Waals surface area contributed by atoms with Gasteiger partial charge < -0.3 is 5.32 Å². The summed E-state index contributed by atoms with van der Waals surface area (Å²) in [7, 11) is 0. The molecule has 0 aliphatic heterocycles. The molecule has 4 heteroatoms. The molecule has 0 aromatic carbocycles. The molecule has 19 heavy (non-hydrogen) atoms. The van der Waals surface area contributed by atoms with Crippen molar-refractivity contribution in [3.05, 3.63) is 34.9 Å². The molecule has 0 aliphatic rings. The maximum Gasteiger partial charge on any atom is 0.0945 e. The summed E-state index contributed by atoms with van der Waals surface area (Å²) in [5.74, 6) is 0. The Bertz CT molecular complexity index is 467. The van der Waals surface area contributed by atoms with Crippen LogP contribution >= 0.6 is 11.3 Å². The number of hydrogen-bond donors (Lipinski definition) is 1. The van der Waals surface area contributed by atoms with Gasteiger partial charge in [-0.1, -0.05) is 19.8 Å². The Hall–Kier alpha value is -1.26. The first-order valence-corrected chi connectivity index (χ1v) is 7.83. The van der Waals surface area contributed by atoms with E-state index in [1.165, 1.54) is 24.3 Å². The fraction of sp³-hybridized carbons (Fsp3) is 0.467. The molecule has 2 rings (SSSR count). The Labute approximate surface area is 119 Å². The van der Waals surface area contributed by atoms with E-state index in [0.717, 1.165) is 30.8 Å². The summed E-state index contributed by atoms with van der Waals surface area (Å²) in [5.41, 5.74) is 2.21. The quantitative estimate of drug-likeness (QED) is 0.749. The first-order chi connectivity index (χ1) is 9.40. The smallest absolute Gasteiger partial charge is 0.0945 e. The normalized spacial score (nSPS) is 10.8. The van der Waals surface area contributed by atoms with Crippen molar-refractivity contribution in [3.8, 4) is 11.3 Å². The van der Waals surface area contributed by atoms with Gasteiger partial charge >= 0.3 is 0 Å². The highest BCUT2D eigenvalue weighted by Crippen LogP contribution is 2.21. The summed E-state index contributed by atoms with van der Waals surface area (Å²) in [6, 6.07) is 4.00. The van der Waals surface area contributed by atoms with Gasteiger partial charge in [0.25, 0.3) is 0 Å². The Morgan fingerprint density at radius 2 is 2.00 bits per heavy atom. The van der Waals surface area contributed by atoms with Gasteiger partial charge in [0, 0.05) is 36.3 Å². The number of nitrogens with one attached hydrogen (secondary N) is 1. The van der Waals surface area contributed by atoms with Gasteiger partial charge in [-0.15, -0.1) is 11.3 Å². The second-order valence-electron chi connectivity index (χ2n) is 4.57. The van der Waals surface area contributed by atoms with Crippen molar-refractivity contribution in [1.29, 1.82) is 0 Å². The summed E-state index contributed by atoms with van der Waals surface area (Å²) in [5, 5.41) is 6.80. The van der Waals surface area contributed by atoms with Gasteiger partial charge in [-0.05, 0) is 25.1 Å². The predicted molar refractivity (Wildman–Crippen MR) is 81.4 cm³/mol. The number of nitrogens with zero attached hydrogens (tertiary/aromatic N) is 2. The van der Waals surface area contributed by atoms with Crippen molar-refractivity contribution < 1.29 is 0 Å². The third-order valence-electron chi connectivity index (χ3n) is 3.00. The van der Waals surface area contributed by atoms with Crippen LogP contribution in [-0.4, -0.2) is 23.1 Å². The van der Waals surface area contributed by atoms with Crippen LogP contribution in [-0.2, 0) is 6.42 Å². The molecular weight excluding hydrogens is 254 g/mol. The molecule has 0 atom stereocenters. The molecule has 0 aliphatic carbocycles. The molecule has 2 aromatic rings. The Morgan fingerprint density at radius 1 is 1.16 bits per heavy atom. The molecule has 0 bridgehead atoms. The van der Waals surface area contributed by atoms with Crippen LogP contribution in [0.5, 0.6) is 0 Å². The first kappa shape index (κ1) is 14.2. The van der Waals surface area contributed by atoms with Crippen LogP contribution in [0.15, 0.2) is 29.9 Å². The minimum Gasteiger partial charge on any atom is -0.316 e. The fourth-order valence-electron chi connectivity index (χ4n) is 1.90. The highest BCUT2D eigenvalue weighted by Gasteiger charge is 2.03. The lowest BCUT2D eigenvalue weighted by Crippen LogP contribution is -2.18. The van der Waals surface area contributed by atoms with Gasteiger partial charge in [-0.2, -0.15) is 0 Å². The van der Waals surface area contributed by atoms with Crippen LogP contribution in [0, 0.1) is 0 Å². The maximum absolute atomic E-state index is 4.67. The summed E-state index contributed by atoms with van der Waals surface area (Å²) in [6.45, 7) is 4.37. The van der Waals surface area contributed by atoms with Crippen LogP contribution in [0.2, 0.25) is 0 Å². The van der Waals surface area contributed by atoms with Crippen molar-refractivity contribution >= 4 is 11.3 Å². The van der Waals surface area contributed by atoms with Crippen LogP contribution in [0.4, 0.5) is 0 Å². The summed E-state index contributed by atoms with van der Waals surface area (Å²) in [6.07, 6.45) is 8.51. The van der Waals surface area contributed by atoms with Gasteiger partial charge in [0.2, 0.25) is 0 Å². The zero-order valence-electron chi connectivity index (χ0n) is 11.4. The van der Waals surface area contributed by atoms with E-state index in [-0.39, 0.29) is 0 Å². The predicted octanol–water partition coefficient (Wildman–Crippen LogP) is 3.53. The van der Waals surface area contributed by atoms with Gasteiger partial charge in [0.15, 0.2) is 0 Å². The Balaban J connectivity index is 1.75. The first-order valence-electron chi connectivity index (χ1n) is 6.95. The van der Waals surface area contributed by atoms with Gasteiger partial charge in [0.05, 0.1) is 10.7 Å². The van der Waals surface area contributed by atoms with Crippen LogP contribution in [0.1, 0.15) is 31.2 Å². The molecular formula is C15H21N3S. The van der Waals surface area contributed by atoms with Crippen LogP contribution in [0.25, 0.3) is 11.3 Å². The van der Waals surface area contributed by atoms with E-state index in [1.54, 1.807) is 11.3 Å². The summed E-state index contributed by atoms with van der Waals surface area (Å²) >= 11 is 1.74. The molecule has 0 fully saturated rings.